The molecule has 0 amide bonds. The summed E-state index contributed by atoms with van der Waals surface area (Å²) in [5.41, 5.74) is 4.55. The topological polar surface area (TPSA) is 44.1 Å². The molecule has 0 radical (unpaired) electrons. The van der Waals surface area contributed by atoms with Gasteiger partial charge in [0.15, 0.2) is 6.29 Å². The van der Waals surface area contributed by atoms with Crippen molar-refractivity contribution in [2.45, 2.75) is 27.2 Å². The van der Waals surface area contributed by atoms with E-state index in [1.54, 1.807) is 6.07 Å². The molecule has 0 saturated heterocycles. The van der Waals surface area contributed by atoms with Crippen LogP contribution in [0.15, 0.2) is 18.2 Å². The summed E-state index contributed by atoms with van der Waals surface area (Å²) < 4.78 is 7.41. The SMILES string of the molecule is CCCOc1ccc(-c2c(C)nn(C)c2C)c(C=O)c1. The molecule has 2 aromatic rings. The number of aromatic nitrogens is 2. The van der Waals surface area contributed by atoms with E-state index < -0.39 is 0 Å². The Balaban J connectivity index is 2.49. The molecular weight excluding hydrogens is 252 g/mol. The maximum absolute atomic E-state index is 11.4. The van der Waals surface area contributed by atoms with Crippen molar-refractivity contribution in [1.29, 1.82) is 0 Å². The van der Waals surface area contributed by atoms with E-state index in [-0.39, 0.29) is 0 Å². The van der Waals surface area contributed by atoms with Gasteiger partial charge >= 0.3 is 0 Å². The second kappa shape index (κ2) is 5.90. The number of nitrogens with zero attached hydrogens (tertiary/aromatic N) is 2. The van der Waals surface area contributed by atoms with E-state index in [2.05, 4.69) is 12.0 Å². The number of carbonyl (C=O) groups is 1. The van der Waals surface area contributed by atoms with Gasteiger partial charge in [-0.1, -0.05) is 6.92 Å². The zero-order valence-electron chi connectivity index (χ0n) is 12.4. The van der Waals surface area contributed by atoms with Crippen molar-refractivity contribution in [2.24, 2.45) is 7.05 Å². The van der Waals surface area contributed by atoms with E-state index in [1.807, 2.05) is 37.7 Å². The van der Waals surface area contributed by atoms with E-state index in [0.29, 0.717) is 12.2 Å². The van der Waals surface area contributed by atoms with Gasteiger partial charge in [0, 0.05) is 23.9 Å². The molecule has 0 aliphatic rings. The number of hydrogen-bond donors (Lipinski definition) is 0. The molecule has 0 saturated carbocycles. The lowest BCUT2D eigenvalue weighted by Gasteiger charge is -2.09. The minimum absolute atomic E-state index is 0.637. The van der Waals surface area contributed by atoms with Crippen LogP contribution < -0.4 is 4.74 Å². The number of ether oxygens (including phenoxy) is 1. The number of hydrogen-bond acceptors (Lipinski definition) is 3. The first kappa shape index (κ1) is 14.3. The zero-order chi connectivity index (χ0) is 14.7. The summed E-state index contributed by atoms with van der Waals surface area (Å²) in [5, 5.41) is 4.40. The van der Waals surface area contributed by atoms with Crippen molar-refractivity contribution in [1.82, 2.24) is 9.78 Å². The molecular formula is C16H20N2O2. The van der Waals surface area contributed by atoms with Gasteiger partial charge in [-0.25, -0.2) is 0 Å². The Labute approximate surface area is 119 Å². The Kier molecular flexibility index (Phi) is 4.23. The molecule has 0 N–H and O–H groups in total. The van der Waals surface area contributed by atoms with Gasteiger partial charge in [-0.05, 0) is 44.0 Å². The summed E-state index contributed by atoms with van der Waals surface area (Å²) in [6.07, 6.45) is 1.82. The normalized spacial score (nSPS) is 10.6. The highest BCUT2D eigenvalue weighted by atomic mass is 16.5. The number of carbonyl (C=O) groups excluding carboxylic acids is 1. The summed E-state index contributed by atoms with van der Waals surface area (Å²) in [6.45, 7) is 6.67. The molecule has 4 nitrogen and oxygen atoms in total. The summed E-state index contributed by atoms with van der Waals surface area (Å²) in [6, 6.07) is 5.64. The van der Waals surface area contributed by atoms with Crippen LogP contribution in [0, 0.1) is 13.8 Å². The molecule has 1 aromatic carbocycles. The van der Waals surface area contributed by atoms with Crippen molar-refractivity contribution in [3.63, 3.8) is 0 Å². The third-order valence-electron chi connectivity index (χ3n) is 3.40. The van der Waals surface area contributed by atoms with Gasteiger partial charge in [0.25, 0.3) is 0 Å². The highest BCUT2D eigenvalue weighted by Crippen LogP contribution is 2.31. The molecule has 4 heteroatoms. The molecule has 1 aromatic heterocycles. The highest BCUT2D eigenvalue weighted by molar-refractivity contribution is 5.89. The molecule has 1 heterocycles. The standard InChI is InChI=1S/C16H20N2O2/c1-5-8-20-14-6-7-15(13(9-14)10-19)16-11(2)17-18(4)12(16)3/h6-7,9-10H,5,8H2,1-4H3. The monoisotopic (exact) mass is 272 g/mol. The molecule has 0 atom stereocenters. The van der Waals surface area contributed by atoms with Gasteiger partial charge in [0.05, 0.1) is 12.3 Å². The number of benzene rings is 1. The molecule has 0 bridgehead atoms. The molecule has 0 fully saturated rings. The lowest BCUT2D eigenvalue weighted by atomic mass is 9.98. The van der Waals surface area contributed by atoms with E-state index in [9.17, 15) is 4.79 Å². The third kappa shape index (κ3) is 2.59. The lowest BCUT2D eigenvalue weighted by Crippen LogP contribution is -1.97. The highest BCUT2D eigenvalue weighted by Gasteiger charge is 2.15. The van der Waals surface area contributed by atoms with Crippen molar-refractivity contribution in [2.75, 3.05) is 6.61 Å². The van der Waals surface area contributed by atoms with Gasteiger partial charge in [0.2, 0.25) is 0 Å². The van der Waals surface area contributed by atoms with Crippen LogP contribution in [0.2, 0.25) is 0 Å². The maximum Gasteiger partial charge on any atom is 0.150 e. The van der Waals surface area contributed by atoms with Crippen LogP contribution in [0.25, 0.3) is 11.1 Å². The van der Waals surface area contributed by atoms with E-state index in [4.69, 9.17) is 4.74 Å². The smallest absolute Gasteiger partial charge is 0.150 e. The molecule has 20 heavy (non-hydrogen) atoms. The van der Waals surface area contributed by atoms with Crippen molar-refractivity contribution in [3.05, 3.63) is 35.2 Å². The summed E-state index contributed by atoms with van der Waals surface area (Å²) >= 11 is 0. The van der Waals surface area contributed by atoms with Crippen molar-refractivity contribution < 1.29 is 9.53 Å². The second-order valence-corrected chi connectivity index (χ2v) is 4.88. The molecule has 0 unspecified atom stereocenters. The minimum Gasteiger partial charge on any atom is -0.494 e. The number of aryl methyl sites for hydroxylation is 2. The van der Waals surface area contributed by atoms with Gasteiger partial charge in [-0.3, -0.25) is 9.48 Å². The summed E-state index contributed by atoms with van der Waals surface area (Å²) in [7, 11) is 1.91. The van der Waals surface area contributed by atoms with Crippen LogP contribution in [-0.4, -0.2) is 22.7 Å². The average Bonchev–Trinajstić information content (AvgIpc) is 2.70. The van der Waals surface area contributed by atoms with Crippen LogP contribution >= 0.6 is 0 Å². The predicted octanol–water partition coefficient (Wildman–Crippen LogP) is 3.31. The fraction of sp³-hybridized carbons (Fsp3) is 0.375. The Bertz CT molecular complexity index is 630. The second-order valence-electron chi connectivity index (χ2n) is 4.88. The van der Waals surface area contributed by atoms with Crippen LogP contribution in [0.3, 0.4) is 0 Å². The van der Waals surface area contributed by atoms with Gasteiger partial charge in [-0.15, -0.1) is 0 Å². The maximum atomic E-state index is 11.4. The molecule has 2 rings (SSSR count). The van der Waals surface area contributed by atoms with Crippen LogP contribution in [0.1, 0.15) is 35.1 Å². The van der Waals surface area contributed by atoms with E-state index >= 15 is 0 Å². The lowest BCUT2D eigenvalue weighted by molar-refractivity contribution is 0.112. The minimum atomic E-state index is 0.637. The van der Waals surface area contributed by atoms with Gasteiger partial charge < -0.3 is 4.74 Å². The molecule has 0 aliphatic heterocycles. The van der Waals surface area contributed by atoms with Gasteiger partial charge in [-0.2, -0.15) is 5.10 Å². The van der Waals surface area contributed by atoms with Crippen LogP contribution in [0.5, 0.6) is 5.75 Å². The van der Waals surface area contributed by atoms with Crippen molar-refractivity contribution >= 4 is 6.29 Å². The third-order valence-corrected chi connectivity index (χ3v) is 3.40. The zero-order valence-corrected chi connectivity index (χ0v) is 12.4. The largest absolute Gasteiger partial charge is 0.494 e. The molecule has 106 valence electrons. The van der Waals surface area contributed by atoms with E-state index in [0.717, 1.165) is 41.0 Å². The Morgan fingerprint density at radius 1 is 1.35 bits per heavy atom. The van der Waals surface area contributed by atoms with Crippen LogP contribution in [0.4, 0.5) is 0 Å². The molecule has 0 aliphatic carbocycles. The summed E-state index contributed by atoms with van der Waals surface area (Å²) in [4.78, 5) is 11.4. The van der Waals surface area contributed by atoms with Gasteiger partial charge in [0.1, 0.15) is 5.75 Å². The first-order chi connectivity index (χ1) is 9.58. The van der Waals surface area contributed by atoms with Crippen LogP contribution in [-0.2, 0) is 7.05 Å². The van der Waals surface area contributed by atoms with E-state index in [1.165, 1.54) is 0 Å². The fourth-order valence-electron chi connectivity index (χ4n) is 2.34. The molecule has 0 spiro atoms. The quantitative estimate of drug-likeness (QED) is 0.784. The van der Waals surface area contributed by atoms with Crippen molar-refractivity contribution in [3.8, 4) is 16.9 Å². The first-order valence-electron chi connectivity index (χ1n) is 6.81. The number of aldehydes is 1. The Morgan fingerprint density at radius 2 is 2.10 bits per heavy atom. The summed E-state index contributed by atoms with van der Waals surface area (Å²) in [5.74, 6) is 0.733. The number of rotatable bonds is 5. The fourth-order valence-corrected chi connectivity index (χ4v) is 2.34. The Morgan fingerprint density at radius 3 is 2.65 bits per heavy atom. The average molecular weight is 272 g/mol. The predicted molar refractivity (Wildman–Crippen MR) is 79.3 cm³/mol. The first-order valence-corrected chi connectivity index (χ1v) is 6.81. The Hall–Kier alpha value is -2.10.